The molecule has 0 spiro atoms. The molecule has 0 saturated heterocycles. The lowest BCUT2D eigenvalue weighted by molar-refractivity contribution is 0.0897. The number of hydrogen-bond donors (Lipinski definition) is 1. The molecule has 1 aliphatic carbocycles. The van der Waals surface area contributed by atoms with Gasteiger partial charge in [0, 0.05) is 21.7 Å². The van der Waals surface area contributed by atoms with E-state index in [9.17, 15) is 14.9 Å². The third-order valence-electron chi connectivity index (χ3n) is 6.15. The van der Waals surface area contributed by atoms with Crippen molar-refractivity contribution in [1.29, 1.82) is 5.26 Å². The van der Waals surface area contributed by atoms with Gasteiger partial charge in [-0.05, 0) is 23.8 Å². The quantitative estimate of drug-likeness (QED) is 0.522. The number of ketones is 2. The largest absolute Gasteiger partial charge is 0.493 e. The molecule has 8 heteroatoms. The van der Waals surface area contributed by atoms with Crippen LogP contribution in [-0.2, 0) is 11.3 Å². The average molecular weight is 499 g/mol. The SMILES string of the molecule is COc1cc([C@H]2C(C#N)=C(N)OC3=C2C(=O)c2ccccc2C3=O)ccc1OCc1ccccc1Cl. The Morgan fingerprint density at radius 3 is 2.39 bits per heavy atom. The molecule has 1 heterocycles. The number of benzene rings is 3. The minimum absolute atomic E-state index is 0.0288. The third kappa shape index (κ3) is 3.78. The number of nitriles is 1. The second-order valence-electron chi connectivity index (χ2n) is 8.16. The van der Waals surface area contributed by atoms with E-state index in [0.29, 0.717) is 22.1 Å². The molecule has 178 valence electrons. The molecule has 7 nitrogen and oxygen atoms in total. The van der Waals surface area contributed by atoms with Crippen LogP contribution in [0.1, 0.15) is 37.8 Å². The molecule has 5 rings (SSSR count). The zero-order valence-corrected chi connectivity index (χ0v) is 19.8. The van der Waals surface area contributed by atoms with Crippen molar-refractivity contribution in [3.8, 4) is 17.6 Å². The number of carbonyl (C=O) groups is 2. The number of nitrogens with two attached hydrogens (primary N) is 1. The summed E-state index contributed by atoms with van der Waals surface area (Å²) in [5.74, 6) is -1.36. The molecule has 0 amide bonds. The van der Waals surface area contributed by atoms with E-state index in [1.807, 2.05) is 24.3 Å². The van der Waals surface area contributed by atoms with Gasteiger partial charge in [0.1, 0.15) is 18.2 Å². The number of rotatable bonds is 5. The van der Waals surface area contributed by atoms with Crippen LogP contribution in [0, 0.1) is 11.3 Å². The maximum absolute atomic E-state index is 13.5. The van der Waals surface area contributed by atoms with Gasteiger partial charge in [0.05, 0.1) is 18.6 Å². The molecule has 0 unspecified atom stereocenters. The van der Waals surface area contributed by atoms with E-state index >= 15 is 0 Å². The van der Waals surface area contributed by atoms with Gasteiger partial charge in [-0.25, -0.2) is 0 Å². The summed E-state index contributed by atoms with van der Waals surface area (Å²) in [4.78, 5) is 26.7. The first-order valence-electron chi connectivity index (χ1n) is 11.0. The van der Waals surface area contributed by atoms with Crippen molar-refractivity contribution in [3.05, 3.63) is 117 Å². The molecule has 3 aromatic carbocycles. The first kappa shape index (κ1) is 23.2. The Bertz CT molecular complexity index is 1530. The van der Waals surface area contributed by atoms with Crippen molar-refractivity contribution >= 4 is 23.2 Å². The highest BCUT2D eigenvalue weighted by Gasteiger charge is 2.43. The second-order valence-corrected chi connectivity index (χ2v) is 8.57. The topological polar surface area (TPSA) is 112 Å². The second kappa shape index (κ2) is 9.25. The average Bonchev–Trinajstić information content (AvgIpc) is 2.90. The van der Waals surface area contributed by atoms with Crippen LogP contribution in [0.15, 0.2) is 89.5 Å². The van der Waals surface area contributed by atoms with E-state index in [0.717, 1.165) is 5.56 Å². The smallest absolute Gasteiger partial charge is 0.229 e. The number of halogens is 1. The summed E-state index contributed by atoms with van der Waals surface area (Å²) >= 11 is 6.23. The van der Waals surface area contributed by atoms with Gasteiger partial charge in [-0.3, -0.25) is 9.59 Å². The Kier molecular flexibility index (Phi) is 5.96. The van der Waals surface area contributed by atoms with E-state index < -0.39 is 17.5 Å². The van der Waals surface area contributed by atoms with Crippen LogP contribution in [0.25, 0.3) is 0 Å². The molecule has 0 aromatic heterocycles. The summed E-state index contributed by atoms with van der Waals surface area (Å²) in [6.07, 6.45) is 0. The van der Waals surface area contributed by atoms with E-state index in [1.54, 1.807) is 48.5 Å². The predicted octanol–water partition coefficient (Wildman–Crippen LogP) is 5.07. The van der Waals surface area contributed by atoms with E-state index in [1.165, 1.54) is 7.11 Å². The summed E-state index contributed by atoms with van der Waals surface area (Å²) in [7, 11) is 1.48. The number of nitrogens with zero attached hydrogens (tertiary/aromatic N) is 1. The highest BCUT2D eigenvalue weighted by molar-refractivity contribution is 6.31. The highest BCUT2D eigenvalue weighted by atomic mass is 35.5. The third-order valence-corrected chi connectivity index (χ3v) is 6.52. The molecule has 36 heavy (non-hydrogen) atoms. The van der Waals surface area contributed by atoms with Crippen LogP contribution in [0.3, 0.4) is 0 Å². The Morgan fingerprint density at radius 1 is 1.00 bits per heavy atom. The number of methoxy groups -OCH3 is 1. The van der Waals surface area contributed by atoms with Gasteiger partial charge in [0.25, 0.3) is 0 Å². The van der Waals surface area contributed by atoms with Gasteiger partial charge in [0.2, 0.25) is 11.7 Å². The van der Waals surface area contributed by atoms with Crippen LogP contribution < -0.4 is 15.2 Å². The highest BCUT2D eigenvalue weighted by Crippen LogP contribution is 2.45. The normalized spacial score (nSPS) is 16.6. The minimum atomic E-state index is -0.921. The first-order chi connectivity index (χ1) is 17.4. The lowest BCUT2D eigenvalue weighted by Crippen LogP contribution is -2.32. The van der Waals surface area contributed by atoms with Crippen LogP contribution >= 0.6 is 11.6 Å². The Labute approximate surface area is 212 Å². The van der Waals surface area contributed by atoms with E-state index in [-0.39, 0.29) is 40.5 Å². The van der Waals surface area contributed by atoms with Gasteiger partial charge in [-0.1, -0.05) is 60.1 Å². The maximum atomic E-state index is 13.5. The molecular weight excluding hydrogens is 480 g/mol. The molecule has 1 aliphatic heterocycles. The maximum Gasteiger partial charge on any atom is 0.229 e. The number of hydrogen-bond acceptors (Lipinski definition) is 7. The van der Waals surface area contributed by atoms with Gasteiger partial charge in [-0.2, -0.15) is 5.26 Å². The molecule has 3 aromatic rings. The standard InChI is InChI=1S/C28H19ClN2O5/c1-34-22-12-15(10-11-21(22)35-14-16-6-2-5-9-20(16)29)23-19(13-30)28(31)36-27-24(23)25(32)17-7-3-4-8-18(17)26(27)33/h2-12,23H,14,31H2,1H3/t23-/m0/s1. The zero-order chi connectivity index (χ0) is 25.4. The molecule has 0 radical (unpaired) electrons. The number of allylic oxidation sites excluding steroid dienone is 3. The van der Waals surface area contributed by atoms with E-state index in [2.05, 4.69) is 0 Å². The van der Waals surface area contributed by atoms with Gasteiger partial charge in [0.15, 0.2) is 23.0 Å². The van der Waals surface area contributed by atoms with Gasteiger partial charge < -0.3 is 19.9 Å². The molecule has 0 fully saturated rings. The van der Waals surface area contributed by atoms with Crippen LogP contribution in [-0.4, -0.2) is 18.7 Å². The Balaban J connectivity index is 1.57. The molecule has 2 N–H and O–H groups in total. The summed E-state index contributed by atoms with van der Waals surface area (Å²) in [6.45, 7) is 0.210. The van der Waals surface area contributed by atoms with Crippen LogP contribution in [0.2, 0.25) is 5.02 Å². The molecule has 2 aliphatic rings. The lowest BCUT2D eigenvalue weighted by atomic mass is 9.75. The summed E-state index contributed by atoms with van der Waals surface area (Å²) in [6, 6.07) is 20.9. The summed E-state index contributed by atoms with van der Waals surface area (Å²) in [5, 5.41) is 10.5. The van der Waals surface area contributed by atoms with Crippen molar-refractivity contribution in [1.82, 2.24) is 0 Å². The number of Topliss-reactive ketones (excluding diaryl/α,β-unsaturated/α-hetero) is 2. The lowest BCUT2D eigenvalue weighted by Gasteiger charge is -2.31. The fourth-order valence-electron chi connectivity index (χ4n) is 4.39. The van der Waals surface area contributed by atoms with Crippen molar-refractivity contribution in [2.75, 3.05) is 7.11 Å². The first-order valence-corrected chi connectivity index (χ1v) is 11.4. The van der Waals surface area contributed by atoms with E-state index in [4.69, 9.17) is 31.5 Å². The van der Waals surface area contributed by atoms with Gasteiger partial charge in [-0.15, -0.1) is 0 Å². The zero-order valence-electron chi connectivity index (χ0n) is 19.1. The molecule has 0 bridgehead atoms. The van der Waals surface area contributed by atoms with Crippen LogP contribution in [0.4, 0.5) is 0 Å². The monoisotopic (exact) mass is 498 g/mol. The molecular formula is C28H19ClN2O5. The summed E-state index contributed by atoms with van der Waals surface area (Å²) < 4.78 is 17.0. The fourth-order valence-corrected chi connectivity index (χ4v) is 4.58. The van der Waals surface area contributed by atoms with Gasteiger partial charge >= 0.3 is 0 Å². The molecule has 0 saturated carbocycles. The molecule has 1 atom stereocenters. The van der Waals surface area contributed by atoms with Crippen molar-refractivity contribution in [2.45, 2.75) is 12.5 Å². The van der Waals surface area contributed by atoms with Crippen LogP contribution in [0.5, 0.6) is 11.5 Å². The fraction of sp³-hybridized carbons (Fsp3) is 0.107. The van der Waals surface area contributed by atoms with Crippen molar-refractivity contribution in [3.63, 3.8) is 0 Å². The Hall–Kier alpha value is -4.54. The number of carbonyl (C=O) groups excluding carboxylic acids is 2. The van der Waals surface area contributed by atoms with Crippen molar-refractivity contribution < 1.29 is 23.8 Å². The van der Waals surface area contributed by atoms with Crippen molar-refractivity contribution in [2.24, 2.45) is 5.73 Å². The summed E-state index contributed by atoms with van der Waals surface area (Å²) in [5.41, 5.74) is 7.95. The predicted molar refractivity (Wildman–Crippen MR) is 132 cm³/mol. The number of ether oxygens (including phenoxy) is 3. The minimum Gasteiger partial charge on any atom is -0.493 e. The number of fused-ring (bicyclic) bond motifs is 1. The Morgan fingerprint density at radius 2 is 1.69 bits per heavy atom.